The van der Waals surface area contributed by atoms with Gasteiger partial charge in [-0.3, -0.25) is 0 Å². The first-order valence-electron chi connectivity index (χ1n) is 3.44. The van der Waals surface area contributed by atoms with E-state index in [0.29, 0.717) is 5.56 Å². The summed E-state index contributed by atoms with van der Waals surface area (Å²) in [4.78, 5) is 0. The molecule has 0 amide bonds. The molecule has 12 heavy (non-hydrogen) atoms. The molecule has 0 aliphatic carbocycles. The molecule has 0 spiro atoms. The van der Waals surface area contributed by atoms with Crippen molar-refractivity contribution < 1.29 is 4.74 Å². The Bertz CT molecular complexity index is 317. The number of alkyl halides is 1. The van der Waals surface area contributed by atoms with E-state index in [2.05, 4.69) is 28.7 Å². The standard InChI is InChI=1S/C9H8INO/c1-12-9-3-2-7(5-10)8(4-9)6-11/h2-4H,5H2,1H3. The molecule has 0 fully saturated rings. The molecule has 0 atom stereocenters. The van der Waals surface area contributed by atoms with Gasteiger partial charge in [0.1, 0.15) is 5.75 Å². The first kappa shape index (κ1) is 9.33. The number of methoxy groups -OCH3 is 1. The molecule has 2 nitrogen and oxygen atoms in total. The van der Waals surface area contributed by atoms with Crippen molar-refractivity contribution in [2.24, 2.45) is 0 Å². The van der Waals surface area contributed by atoms with Crippen molar-refractivity contribution in [3.05, 3.63) is 29.3 Å². The van der Waals surface area contributed by atoms with Gasteiger partial charge in [0.15, 0.2) is 0 Å². The smallest absolute Gasteiger partial charge is 0.120 e. The minimum atomic E-state index is 0.698. The molecule has 62 valence electrons. The van der Waals surface area contributed by atoms with E-state index in [9.17, 15) is 0 Å². The molecular formula is C9H8INO. The van der Waals surface area contributed by atoms with Crippen LogP contribution in [-0.4, -0.2) is 7.11 Å². The lowest BCUT2D eigenvalue weighted by Crippen LogP contribution is -1.88. The highest BCUT2D eigenvalue weighted by Gasteiger charge is 2.01. The normalized spacial score (nSPS) is 9.08. The Morgan fingerprint density at radius 2 is 2.33 bits per heavy atom. The van der Waals surface area contributed by atoms with E-state index < -0.39 is 0 Å². The molecule has 0 aliphatic rings. The van der Waals surface area contributed by atoms with Gasteiger partial charge in [-0.05, 0) is 17.7 Å². The van der Waals surface area contributed by atoms with Crippen LogP contribution in [0.25, 0.3) is 0 Å². The quantitative estimate of drug-likeness (QED) is 0.612. The number of hydrogen-bond donors (Lipinski definition) is 0. The zero-order chi connectivity index (χ0) is 8.97. The Balaban J connectivity index is 3.13. The molecule has 0 unspecified atom stereocenters. The van der Waals surface area contributed by atoms with Crippen LogP contribution in [0.1, 0.15) is 11.1 Å². The fourth-order valence-corrected chi connectivity index (χ4v) is 1.57. The van der Waals surface area contributed by atoms with Gasteiger partial charge in [-0.1, -0.05) is 28.7 Å². The van der Waals surface area contributed by atoms with Gasteiger partial charge in [-0.15, -0.1) is 0 Å². The maximum Gasteiger partial charge on any atom is 0.120 e. The van der Waals surface area contributed by atoms with E-state index >= 15 is 0 Å². The van der Waals surface area contributed by atoms with Crippen LogP contribution in [0, 0.1) is 11.3 Å². The predicted octanol–water partition coefficient (Wildman–Crippen LogP) is 2.50. The van der Waals surface area contributed by atoms with Crippen molar-refractivity contribution in [3.63, 3.8) is 0 Å². The Kier molecular flexibility index (Phi) is 3.35. The summed E-state index contributed by atoms with van der Waals surface area (Å²) >= 11 is 2.23. The van der Waals surface area contributed by atoms with Gasteiger partial charge in [-0.25, -0.2) is 0 Å². The van der Waals surface area contributed by atoms with Crippen LogP contribution in [-0.2, 0) is 4.43 Å². The fourth-order valence-electron chi connectivity index (χ4n) is 0.903. The monoisotopic (exact) mass is 273 g/mol. The zero-order valence-electron chi connectivity index (χ0n) is 6.67. The third kappa shape index (κ3) is 1.89. The Morgan fingerprint density at radius 3 is 2.83 bits per heavy atom. The van der Waals surface area contributed by atoms with Crippen molar-refractivity contribution in [1.29, 1.82) is 5.26 Å². The van der Waals surface area contributed by atoms with Crippen molar-refractivity contribution in [2.45, 2.75) is 4.43 Å². The van der Waals surface area contributed by atoms with E-state index in [-0.39, 0.29) is 0 Å². The van der Waals surface area contributed by atoms with Crippen LogP contribution in [0.5, 0.6) is 5.75 Å². The number of benzene rings is 1. The van der Waals surface area contributed by atoms with Gasteiger partial charge >= 0.3 is 0 Å². The van der Waals surface area contributed by atoms with Crippen molar-refractivity contribution in [1.82, 2.24) is 0 Å². The molecule has 0 saturated heterocycles. The first-order chi connectivity index (χ1) is 5.81. The fraction of sp³-hybridized carbons (Fsp3) is 0.222. The molecule has 1 aromatic rings. The molecule has 0 bridgehead atoms. The van der Waals surface area contributed by atoms with Crippen LogP contribution in [0.2, 0.25) is 0 Å². The minimum absolute atomic E-state index is 0.698. The lowest BCUT2D eigenvalue weighted by atomic mass is 10.1. The molecule has 1 rings (SSSR count). The number of rotatable bonds is 2. The van der Waals surface area contributed by atoms with E-state index in [1.54, 1.807) is 13.2 Å². The van der Waals surface area contributed by atoms with Gasteiger partial charge in [0.25, 0.3) is 0 Å². The Hall–Kier alpha value is -0.760. The third-order valence-corrected chi connectivity index (χ3v) is 2.40. The molecule has 1 aromatic carbocycles. The first-order valence-corrected chi connectivity index (χ1v) is 4.97. The third-order valence-electron chi connectivity index (χ3n) is 1.58. The maximum absolute atomic E-state index is 8.76. The number of halogens is 1. The Morgan fingerprint density at radius 1 is 1.58 bits per heavy atom. The summed E-state index contributed by atoms with van der Waals surface area (Å²) in [6, 6.07) is 7.68. The van der Waals surface area contributed by atoms with Gasteiger partial charge in [0.05, 0.1) is 18.7 Å². The number of nitrogens with zero attached hydrogens (tertiary/aromatic N) is 1. The maximum atomic E-state index is 8.76. The molecule has 0 heterocycles. The number of nitriles is 1. The molecule has 0 aromatic heterocycles. The highest BCUT2D eigenvalue weighted by molar-refractivity contribution is 14.1. The summed E-state index contributed by atoms with van der Waals surface area (Å²) in [6.45, 7) is 0. The lowest BCUT2D eigenvalue weighted by molar-refractivity contribution is 0.414. The van der Waals surface area contributed by atoms with Gasteiger partial charge < -0.3 is 4.74 Å². The van der Waals surface area contributed by atoms with Crippen molar-refractivity contribution in [2.75, 3.05) is 7.11 Å². The van der Waals surface area contributed by atoms with Crippen LogP contribution in [0.3, 0.4) is 0 Å². The van der Waals surface area contributed by atoms with E-state index in [1.807, 2.05) is 12.1 Å². The van der Waals surface area contributed by atoms with Gasteiger partial charge in [-0.2, -0.15) is 5.26 Å². The molecule has 0 N–H and O–H groups in total. The van der Waals surface area contributed by atoms with Crippen LogP contribution in [0.4, 0.5) is 0 Å². The average molecular weight is 273 g/mol. The van der Waals surface area contributed by atoms with Crippen LogP contribution < -0.4 is 4.74 Å². The van der Waals surface area contributed by atoms with E-state index in [1.165, 1.54) is 0 Å². The van der Waals surface area contributed by atoms with Crippen LogP contribution >= 0.6 is 22.6 Å². The molecule has 3 heteroatoms. The minimum Gasteiger partial charge on any atom is -0.497 e. The van der Waals surface area contributed by atoms with E-state index in [0.717, 1.165) is 15.7 Å². The topological polar surface area (TPSA) is 33.0 Å². The molecule has 0 aliphatic heterocycles. The van der Waals surface area contributed by atoms with E-state index in [4.69, 9.17) is 10.00 Å². The molecular weight excluding hydrogens is 265 g/mol. The summed E-state index contributed by atoms with van der Waals surface area (Å²) in [5, 5.41) is 8.76. The van der Waals surface area contributed by atoms with Crippen molar-refractivity contribution in [3.8, 4) is 11.8 Å². The summed E-state index contributed by atoms with van der Waals surface area (Å²) in [5.74, 6) is 0.736. The highest BCUT2D eigenvalue weighted by Crippen LogP contribution is 2.18. The second kappa shape index (κ2) is 4.31. The largest absolute Gasteiger partial charge is 0.497 e. The van der Waals surface area contributed by atoms with Crippen molar-refractivity contribution >= 4 is 22.6 Å². The highest BCUT2D eigenvalue weighted by atomic mass is 127. The number of ether oxygens (including phenoxy) is 1. The van der Waals surface area contributed by atoms with Crippen LogP contribution in [0.15, 0.2) is 18.2 Å². The lowest BCUT2D eigenvalue weighted by Gasteiger charge is -2.02. The van der Waals surface area contributed by atoms with Gasteiger partial charge in [0, 0.05) is 4.43 Å². The second-order valence-electron chi connectivity index (χ2n) is 2.27. The SMILES string of the molecule is COc1ccc(CI)c(C#N)c1. The van der Waals surface area contributed by atoms with Gasteiger partial charge in [0.2, 0.25) is 0 Å². The summed E-state index contributed by atoms with van der Waals surface area (Å²) < 4.78 is 5.85. The summed E-state index contributed by atoms with van der Waals surface area (Å²) in [6.07, 6.45) is 0. The summed E-state index contributed by atoms with van der Waals surface area (Å²) in [7, 11) is 1.60. The zero-order valence-corrected chi connectivity index (χ0v) is 8.83. The molecule has 0 radical (unpaired) electrons. The second-order valence-corrected chi connectivity index (χ2v) is 3.03. The number of hydrogen-bond acceptors (Lipinski definition) is 2. The summed E-state index contributed by atoms with van der Waals surface area (Å²) in [5.41, 5.74) is 1.75. The molecule has 0 saturated carbocycles. The average Bonchev–Trinajstić information content (AvgIpc) is 2.16. The Labute approximate surface area is 85.3 Å². The predicted molar refractivity (Wildman–Crippen MR) is 55.4 cm³/mol.